The van der Waals surface area contributed by atoms with Crippen molar-refractivity contribution in [1.29, 1.82) is 0 Å². The van der Waals surface area contributed by atoms with Crippen molar-refractivity contribution in [1.82, 2.24) is 9.55 Å². The molecule has 0 radical (unpaired) electrons. The van der Waals surface area contributed by atoms with Gasteiger partial charge in [0.25, 0.3) is 5.91 Å². The fourth-order valence-corrected chi connectivity index (χ4v) is 2.08. The largest absolute Gasteiger partial charge is 0.496 e. The Morgan fingerprint density at radius 2 is 2.11 bits per heavy atom. The summed E-state index contributed by atoms with van der Waals surface area (Å²) in [7, 11) is 1.62. The fraction of sp³-hybridized carbons (Fsp3) is 0.231. The molecule has 1 amide bonds. The van der Waals surface area contributed by atoms with Crippen molar-refractivity contribution in [2.45, 2.75) is 13.8 Å². The average Bonchev–Trinajstić information content (AvgIpc) is 2.78. The molecule has 0 aliphatic rings. The second kappa shape index (κ2) is 4.52. The van der Waals surface area contributed by atoms with E-state index in [0.717, 1.165) is 22.6 Å². The number of imidazole rings is 1. The summed E-state index contributed by atoms with van der Waals surface area (Å²) >= 11 is 0. The maximum Gasteiger partial charge on any atom is 0.285 e. The highest BCUT2D eigenvalue weighted by molar-refractivity contribution is 5.90. The van der Waals surface area contributed by atoms with Gasteiger partial charge in [0.2, 0.25) is 5.82 Å². The van der Waals surface area contributed by atoms with Crippen molar-refractivity contribution in [2.24, 2.45) is 5.73 Å². The van der Waals surface area contributed by atoms with Crippen LogP contribution in [0.3, 0.4) is 0 Å². The minimum Gasteiger partial charge on any atom is -0.496 e. The van der Waals surface area contributed by atoms with Crippen LogP contribution in [0.4, 0.5) is 0 Å². The molecule has 18 heavy (non-hydrogen) atoms. The van der Waals surface area contributed by atoms with Gasteiger partial charge in [0.05, 0.1) is 12.8 Å². The molecule has 0 spiro atoms. The van der Waals surface area contributed by atoms with E-state index in [1.165, 1.54) is 0 Å². The van der Waals surface area contributed by atoms with Gasteiger partial charge in [-0.25, -0.2) is 4.98 Å². The molecule has 0 atom stereocenters. The Kier molecular flexibility index (Phi) is 3.06. The number of hydrogen-bond acceptors (Lipinski definition) is 3. The van der Waals surface area contributed by atoms with Crippen LogP contribution in [0.2, 0.25) is 0 Å². The van der Waals surface area contributed by atoms with Gasteiger partial charge in [-0.2, -0.15) is 0 Å². The molecule has 0 saturated carbocycles. The number of nitrogens with two attached hydrogens (primary N) is 1. The molecule has 5 nitrogen and oxygen atoms in total. The minimum absolute atomic E-state index is 0.217. The molecular formula is C13H15N3O2. The van der Waals surface area contributed by atoms with E-state index in [9.17, 15) is 4.79 Å². The van der Waals surface area contributed by atoms with Crippen molar-refractivity contribution in [3.63, 3.8) is 0 Å². The van der Waals surface area contributed by atoms with E-state index in [4.69, 9.17) is 10.5 Å². The average molecular weight is 245 g/mol. The van der Waals surface area contributed by atoms with Gasteiger partial charge in [-0.05, 0) is 25.5 Å². The third-order valence-corrected chi connectivity index (χ3v) is 2.90. The first-order valence-corrected chi connectivity index (χ1v) is 5.54. The number of carbonyl (C=O) groups is 1. The molecule has 0 aliphatic heterocycles. The highest BCUT2D eigenvalue weighted by Crippen LogP contribution is 2.28. The maximum absolute atomic E-state index is 11.3. The van der Waals surface area contributed by atoms with Gasteiger partial charge < -0.3 is 10.5 Å². The summed E-state index contributed by atoms with van der Waals surface area (Å²) in [5, 5.41) is 0. The normalized spacial score (nSPS) is 10.4. The summed E-state index contributed by atoms with van der Waals surface area (Å²) in [6.07, 6.45) is 3.27. The fourth-order valence-electron chi connectivity index (χ4n) is 2.08. The first kappa shape index (κ1) is 12.2. The Morgan fingerprint density at radius 3 is 2.72 bits per heavy atom. The Hall–Kier alpha value is -2.30. The summed E-state index contributed by atoms with van der Waals surface area (Å²) in [6.45, 7) is 3.90. The van der Waals surface area contributed by atoms with E-state index in [1.54, 1.807) is 24.1 Å². The van der Waals surface area contributed by atoms with Crippen LogP contribution in [0.25, 0.3) is 5.69 Å². The lowest BCUT2D eigenvalue weighted by molar-refractivity contribution is 0.0989. The maximum atomic E-state index is 11.3. The third-order valence-electron chi connectivity index (χ3n) is 2.90. The molecular weight excluding hydrogens is 230 g/mol. The van der Waals surface area contributed by atoms with Crippen LogP contribution in [-0.4, -0.2) is 22.6 Å². The van der Waals surface area contributed by atoms with E-state index in [2.05, 4.69) is 4.98 Å². The zero-order chi connectivity index (χ0) is 13.3. The van der Waals surface area contributed by atoms with Crippen LogP contribution in [0.15, 0.2) is 24.5 Å². The molecule has 2 rings (SSSR count). The number of rotatable bonds is 3. The molecule has 94 valence electrons. The monoisotopic (exact) mass is 245 g/mol. The first-order valence-electron chi connectivity index (χ1n) is 5.54. The van der Waals surface area contributed by atoms with Gasteiger partial charge in [0.1, 0.15) is 5.75 Å². The van der Waals surface area contributed by atoms with E-state index in [1.807, 2.05) is 26.0 Å². The van der Waals surface area contributed by atoms with Gasteiger partial charge in [-0.15, -0.1) is 0 Å². The number of carbonyl (C=O) groups excluding carboxylic acids is 1. The number of ether oxygens (including phenoxy) is 1. The van der Waals surface area contributed by atoms with Crippen molar-refractivity contribution >= 4 is 5.91 Å². The van der Waals surface area contributed by atoms with Gasteiger partial charge in [0.15, 0.2) is 0 Å². The Balaban J connectivity index is 2.70. The van der Waals surface area contributed by atoms with Crippen LogP contribution >= 0.6 is 0 Å². The summed E-state index contributed by atoms with van der Waals surface area (Å²) in [6, 6.07) is 3.83. The summed E-state index contributed by atoms with van der Waals surface area (Å²) in [5.74, 6) is 0.427. The lowest BCUT2D eigenvalue weighted by atomic mass is 10.1. The molecule has 0 bridgehead atoms. The quantitative estimate of drug-likeness (QED) is 0.892. The van der Waals surface area contributed by atoms with Crippen LogP contribution in [0, 0.1) is 13.8 Å². The Labute approximate surface area is 105 Å². The first-order chi connectivity index (χ1) is 8.56. The minimum atomic E-state index is -0.554. The number of benzene rings is 1. The Morgan fingerprint density at radius 1 is 1.39 bits per heavy atom. The van der Waals surface area contributed by atoms with E-state index < -0.39 is 5.91 Å². The lowest BCUT2D eigenvalue weighted by Crippen LogP contribution is -2.18. The Bertz CT molecular complexity index is 602. The zero-order valence-corrected chi connectivity index (χ0v) is 10.6. The van der Waals surface area contributed by atoms with Crippen LogP contribution in [0.1, 0.15) is 21.7 Å². The molecule has 5 heteroatoms. The van der Waals surface area contributed by atoms with Crippen molar-refractivity contribution < 1.29 is 9.53 Å². The number of hydrogen-bond donors (Lipinski definition) is 1. The summed E-state index contributed by atoms with van der Waals surface area (Å²) in [4.78, 5) is 15.3. The predicted molar refractivity (Wildman–Crippen MR) is 68.1 cm³/mol. The second-order valence-corrected chi connectivity index (χ2v) is 4.04. The van der Waals surface area contributed by atoms with Crippen LogP contribution in [0.5, 0.6) is 5.75 Å². The lowest BCUT2D eigenvalue weighted by Gasteiger charge is -2.15. The van der Waals surface area contributed by atoms with Gasteiger partial charge in [-0.3, -0.25) is 9.36 Å². The van der Waals surface area contributed by atoms with Gasteiger partial charge in [0, 0.05) is 18.0 Å². The van der Waals surface area contributed by atoms with Gasteiger partial charge >= 0.3 is 0 Å². The molecule has 2 aromatic rings. The number of primary amides is 1. The van der Waals surface area contributed by atoms with Crippen molar-refractivity contribution in [3.8, 4) is 11.4 Å². The number of nitrogens with zero attached hydrogens (tertiary/aromatic N) is 2. The number of amides is 1. The van der Waals surface area contributed by atoms with Crippen molar-refractivity contribution in [2.75, 3.05) is 7.11 Å². The highest BCUT2D eigenvalue weighted by Gasteiger charge is 2.15. The standard InChI is InChI=1S/C13H15N3O2/c1-8-4-5-10(18-3)9(2)11(8)16-7-6-15-13(16)12(14)17/h4-7H,1-3H3,(H2,14,17). The second-order valence-electron chi connectivity index (χ2n) is 4.04. The molecule has 0 saturated heterocycles. The third kappa shape index (κ3) is 1.84. The molecule has 0 aliphatic carbocycles. The van der Waals surface area contributed by atoms with E-state index in [0.29, 0.717) is 0 Å². The number of methoxy groups -OCH3 is 1. The summed E-state index contributed by atoms with van der Waals surface area (Å²) in [5.41, 5.74) is 8.15. The predicted octanol–water partition coefficient (Wildman–Crippen LogP) is 1.60. The zero-order valence-electron chi connectivity index (χ0n) is 10.6. The smallest absolute Gasteiger partial charge is 0.285 e. The molecule has 0 unspecified atom stereocenters. The van der Waals surface area contributed by atoms with Crippen LogP contribution < -0.4 is 10.5 Å². The van der Waals surface area contributed by atoms with E-state index >= 15 is 0 Å². The molecule has 1 heterocycles. The van der Waals surface area contributed by atoms with Gasteiger partial charge in [-0.1, -0.05) is 6.07 Å². The molecule has 1 aromatic heterocycles. The number of aryl methyl sites for hydroxylation is 1. The number of aromatic nitrogens is 2. The highest BCUT2D eigenvalue weighted by atomic mass is 16.5. The summed E-state index contributed by atoms with van der Waals surface area (Å²) < 4.78 is 6.98. The molecule has 1 aromatic carbocycles. The molecule has 2 N–H and O–H groups in total. The van der Waals surface area contributed by atoms with Crippen LogP contribution in [-0.2, 0) is 0 Å². The van der Waals surface area contributed by atoms with E-state index in [-0.39, 0.29) is 5.82 Å². The van der Waals surface area contributed by atoms with Crippen molar-refractivity contribution in [3.05, 3.63) is 41.5 Å². The SMILES string of the molecule is COc1ccc(C)c(-n2ccnc2C(N)=O)c1C. The topological polar surface area (TPSA) is 70.1 Å². The molecule has 0 fully saturated rings.